The lowest BCUT2D eigenvalue weighted by Gasteiger charge is -2.02. The van der Waals surface area contributed by atoms with E-state index in [1.165, 1.54) is 0 Å². The highest BCUT2D eigenvalue weighted by molar-refractivity contribution is 5.69. The fraction of sp³-hybridized carbons (Fsp3) is 0.182. The van der Waals surface area contributed by atoms with Crippen molar-refractivity contribution in [1.82, 2.24) is 14.5 Å². The van der Waals surface area contributed by atoms with Crippen LogP contribution in [0.4, 0.5) is 0 Å². The van der Waals surface area contributed by atoms with Gasteiger partial charge in [0.15, 0.2) is 5.82 Å². The summed E-state index contributed by atoms with van der Waals surface area (Å²) in [6.07, 6.45) is 4.95. The van der Waals surface area contributed by atoms with E-state index in [-0.39, 0.29) is 6.42 Å². The number of aryl methyl sites for hydroxylation is 1. The zero-order chi connectivity index (χ0) is 11.5. The Morgan fingerprint density at radius 2 is 2.12 bits per heavy atom. The summed E-state index contributed by atoms with van der Waals surface area (Å²) >= 11 is 0. The number of hydrogen-bond donors (Lipinski definition) is 1. The molecule has 82 valence electrons. The van der Waals surface area contributed by atoms with E-state index >= 15 is 0 Å². The topological polar surface area (TPSA) is 68.0 Å². The van der Waals surface area contributed by atoms with Crippen LogP contribution in [0, 0.1) is 0 Å². The molecule has 0 aromatic carbocycles. The molecule has 0 aliphatic carbocycles. The van der Waals surface area contributed by atoms with Crippen molar-refractivity contribution in [2.45, 2.75) is 6.42 Å². The summed E-state index contributed by atoms with van der Waals surface area (Å²) in [5, 5.41) is 8.60. The van der Waals surface area contributed by atoms with Gasteiger partial charge in [0.25, 0.3) is 0 Å². The molecule has 0 fully saturated rings. The Hall–Kier alpha value is -2.17. The van der Waals surface area contributed by atoms with Crippen LogP contribution in [0.2, 0.25) is 0 Å². The molecule has 0 bridgehead atoms. The molecule has 2 aromatic rings. The second-order valence-electron chi connectivity index (χ2n) is 3.49. The highest BCUT2D eigenvalue weighted by Gasteiger charge is 2.06. The smallest absolute Gasteiger partial charge is 0.307 e. The summed E-state index contributed by atoms with van der Waals surface area (Å²) in [5.41, 5.74) is 1.51. The minimum atomic E-state index is -0.879. The van der Waals surface area contributed by atoms with Gasteiger partial charge in [0, 0.05) is 25.6 Å². The molecular formula is C11H11N3O2. The lowest BCUT2D eigenvalue weighted by atomic mass is 10.2. The van der Waals surface area contributed by atoms with E-state index in [1.54, 1.807) is 12.4 Å². The van der Waals surface area contributed by atoms with Crippen molar-refractivity contribution >= 4 is 5.97 Å². The molecule has 0 unspecified atom stereocenters. The fourth-order valence-corrected chi connectivity index (χ4v) is 1.45. The third kappa shape index (κ3) is 2.08. The standard InChI is InChI=1S/C11H11N3O2/c1-14-4-2-3-9(14)11-12-6-8(7-13-11)5-10(15)16/h2-4,6-7H,5H2,1H3,(H,15,16). The molecule has 0 saturated carbocycles. The van der Waals surface area contributed by atoms with Crippen LogP contribution in [0.15, 0.2) is 30.7 Å². The molecule has 5 nitrogen and oxygen atoms in total. The summed E-state index contributed by atoms with van der Waals surface area (Å²) in [7, 11) is 1.91. The summed E-state index contributed by atoms with van der Waals surface area (Å²) in [6, 6.07) is 3.82. The van der Waals surface area contributed by atoms with Gasteiger partial charge in [-0.25, -0.2) is 9.97 Å². The van der Waals surface area contributed by atoms with E-state index < -0.39 is 5.97 Å². The molecule has 0 spiro atoms. The first-order chi connectivity index (χ1) is 7.66. The average molecular weight is 217 g/mol. The van der Waals surface area contributed by atoms with Gasteiger partial charge >= 0.3 is 5.97 Å². The van der Waals surface area contributed by atoms with Crippen molar-refractivity contribution in [3.05, 3.63) is 36.3 Å². The minimum absolute atomic E-state index is 0.0482. The molecule has 0 atom stereocenters. The summed E-state index contributed by atoms with van der Waals surface area (Å²) in [6.45, 7) is 0. The highest BCUT2D eigenvalue weighted by atomic mass is 16.4. The molecule has 2 rings (SSSR count). The number of aromatic nitrogens is 3. The van der Waals surface area contributed by atoms with Gasteiger partial charge in [0.2, 0.25) is 0 Å². The first kappa shape index (κ1) is 10.4. The van der Waals surface area contributed by atoms with Crippen molar-refractivity contribution in [3.8, 4) is 11.5 Å². The lowest BCUT2D eigenvalue weighted by Crippen LogP contribution is -2.02. The van der Waals surface area contributed by atoms with Crippen molar-refractivity contribution in [1.29, 1.82) is 0 Å². The first-order valence-electron chi connectivity index (χ1n) is 4.81. The molecule has 16 heavy (non-hydrogen) atoms. The van der Waals surface area contributed by atoms with Gasteiger partial charge in [-0.3, -0.25) is 4.79 Å². The van der Waals surface area contributed by atoms with Crippen molar-refractivity contribution in [2.75, 3.05) is 0 Å². The molecule has 2 aromatic heterocycles. The minimum Gasteiger partial charge on any atom is -0.481 e. The molecule has 2 heterocycles. The van der Waals surface area contributed by atoms with Gasteiger partial charge in [0.05, 0.1) is 12.1 Å². The number of carboxylic acid groups (broad SMARTS) is 1. The van der Waals surface area contributed by atoms with Gasteiger partial charge in [-0.1, -0.05) is 0 Å². The Bertz CT molecular complexity index is 502. The van der Waals surface area contributed by atoms with Gasteiger partial charge in [0.1, 0.15) is 0 Å². The third-order valence-electron chi connectivity index (χ3n) is 2.23. The van der Waals surface area contributed by atoms with Gasteiger partial charge < -0.3 is 9.67 Å². The normalized spacial score (nSPS) is 10.3. The second-order valence-corrected chi connectivity index (χ2v) is 3.49. The Labute approximate surface area is 92.4 Å². The van der Waals surface area contributed by atoms with Gasteiger partial charge in [-0.05, 0) is 17.7 Å². The molecule has 0 aliphatic heterocycles. The van der Waals surface area contributed by atoms with Crippen LogP contribution in [-0.4, -0.2) is 25.6 Å². The van der Waals surface area contributed by atoms with Crippen molar-refractivity contribution in [3.63, 3.8) is 0 Å². The number of aliphatic carboxylic acids is 1. The molecule has 5 heteroatoms. The Morgan fingerprint density at radius 1 is 1.44 bits per heavy atom. The number of rotatable bonds is 3. The summed E-state index contributed by atoms with van der Waals surface area (Å²) < 4.78 is 1.91. The Balaban J connectivity index is 2.26. The van der Waals surface area contributed by atoms with Crippen LogP contribution in [0.1, 0.15) is 5.56 Å². The maximum atomic E-state index is 10.5. The largest absolute Gasteiger partial charge is 0.481 e. The van der Waals surface area contributed by atoms with Crippen LogP contribution in [0.5, 0.6) is 0 Å². The maximum absolute atomic E-state index is 10.5. The van der Waals surface area contributed by atoms with E-state index in [9.17, 15) is 4.79 Å². The Morgan fingerprint density at radius 3 is 2.62 bits per heavy atom. The van der Waals surface area contributed by atoms with E-state index in [0.717, 1.165) is 5.69 Å². The molecule has 1 N–H and O–H groups in total. The molecule has 0 aliphatic rings. The molecule has 0 radical (unpaired) electrons. The average Bonchev–Trinajstić information content (AvgIpc) is 2.65. The lowest BCUT2D eigenvalue weighted by molar-refractivity contribution is -0.136. The van der Waals surface area contributed by atoms with Crippen LogP contribution >= 0.6 is 0 Å². The summed E-state index contributed by atoms with van der Waals surface area (Å²) in [5.74, 6) is -0.281. The van der Waals surface area contributed by atoms with E-state index in [2.05, 4.69) is 9.97 Å². The SMILES string of the molecule is Cn1cccc1-c1ncc(CC(=O)O)cn1. The molecule has 0 saturated heterocycles. The number of carbonyl (C=O) groups is 1. The summed E-state index contributed by atoms with van der Waals surface area (Å²) in [4.78, 5) is 18.8. The maximum Gasteiger partial charge on any atom is 0.307 e. The van der Waals surface area contributed by atoms with Crippen LogP contribution in [0.25, 0.3) is 11.5 Å². The zero-order valence-corrected chi connectivity index (χ0v) is 8.79. The number of hydrogen-bond acceptors (Lipinski definition) is 3. The van der Waals surface area contributed by atoms with E-state index in [4.69, 9.17) is 5.11 Å². The quantitative estimate of drug-likeness (QED) is 0.836. The highest BCUT2D eigenvalue weighted by Crippen LogP contribution is 2.13. The van der Waals surface area contributed by atoms with Gasteiger partial charge in [-0.2, -0.15) is 0 Å². The zero-order valence-electron chi connectivity index (χ0n) is 8.79. The Kier molecular flexibility index (Phi) is 2.68. The fourth-order valence-electron chi connectivity index (χ4n) is 1.45. The number of carboxylic acids is 1. The van der Waals surface area contributed by atoms with Crippen LogP contribution in [-0.2, 0) is 18.3 Å². The van der Waals surface area contributed by atoms with E-state index in [0.29, 0.717) is 11.4 Å². The van der Waals surface area contributed by atoms with E-state index in [1.807, 2.05) is 29.9 Å². The predicted molar refractivity (Wildman–Crippen MR) is 57.8 cm³/mol. The first-order valence-corrected chi connectivity index (χ1v) is 4.81. The number of nitrogens with zero attached hydrogens (tertiary/aromatic N) is 3. The van der Waals surface area contributed by atoms with Crippen LogP contribution in [0.3, 0.4) is 0 Å². The predicted octanol–water partition coefficient (Wildman–Crippen LogP) is 1.11. The third-order valence-corrected chi connectivity index (χ3v) is 2.23. The van der Waals surface area contributed by atoms with Crippen molar-refractivity contribution < 1.29 is 9.90 Å². The van der Waals surface area contributed by atoms with Crippen LogP contribution < -0.4 is 0 Å². The van der Waals surface area contributed by atoms with Gasteiger partial charge in [-0.15, -0.1) is 0 Å². The molecular weight excluding hydrogens is 206 g/mol. The van der Waals surface area contributed by atoms with Crippen molar-refractivity contribution in [2.24, 2.45) is 7.05 Å². The molecule has 0 amide bonds. The monoisotopic (exact) mass is 217 g/mol. The second kappa shape index (κ2) is 4.14.